The second-order valence-corrected chi connectivity index (χ2v) is 14.0. The van der Waals surface area contributed by atoms with Crippen molar-refractivity contribution in [3.05, 3.63) is 75.7 Å². The lowest BCUT2D eigenvalue weighted by molar-refractivity contribution is -0.136. The predicted molar refractivity (Wildman–Crippen MR) is 198 cm³/mol. The van der Waals surface area contributed by atoms with Gasteiger partial charge in [0.2, 0.25) is 23.6 Å². The van der Waals surface area contributed by atoms with Gasteiger partial charge in [-0.2, -0.15) is 0 Å². The van der Waals surface area contributed by atoms with Gasteiger partial charge in [0, 0.05) is 25.5 Å². The van der Waals surface area contributed by atoms with E-state index in [1.165, 1.54) is 50.3 Å². The minimum atomic E-state index is -1.03. The molecule has 3 aromatic rings. The first-order chi connectivity index (χ1) is 25.2. The lowest BCUT2D eigenvalue weighted by Gasteiger charge is -2.29. The highest BCUT2D eigenvalue weighted by Gasteiger charge is 2.32. The quantitative estimate of drug-likeness (QED) is 0.292. The number of benzene rings is 2. The van der Waals surface area contributed by atoms with Gasteiger partial charge in [-0.05, 0) is 43.9 Å². The van der Waals surface area contributed by atoms with Gasteiger partial charge in [-0.15, -0.1) is 11.3 Å². The molecule has 0 fully saturated rings. The maximum absolute atomic E-state index is 14.1. The Morgan fingerprint density at radius 2 is 1.60 bits per heavy atom. The van der Waals surface area contributed by atoms with Gasteiger partial charge in [-0.3, -0.25) is 28.8 Å². The van der Waals surface area contributed by atoms with E-state index in [0.717, 1.165) is 16.9 Å². The smallest absolute Gasteiger partial charge is 0.271 e. The molecule has 16 heteroatoms. The molecule has 0 spiro atoms. The number of thiazole rings is 1. The van der Waals surface area contributed by atoms with E-state index in [2.05, 4.69) is 26.3 Å². The monoisotopic (exact) mass is 749 g/mol. The highest BCUT2D eigenvalue weighted by atomic mass is 32.1. The van der Waals surface area contributed by atoms with Crippen LogP contribution in [0.5, 0.6) is 11.5 Å². The first kappa shape index (κ1) is 40.3. The third-order valence-corrected chi connectivity index (χ3v) is 9.68. The molecule has 0 unspecified atom stereocenters. The van der Waals surface area contributed by atoms with Crippen LogP contribution in [0.25, 0.3) is 0 Å². The molecule has 0 aliphatic carbocycles. The maximum atomic E-state index is 14.1. The van der Waals surface area contributed by atoms with Gasteiger partial charge in [0.25, 0.3) is 11.8 Å². The summed E-state index contributed by atoms with van der Waals surface area (Å²) in [6.45, 7) is 6.02. The number of methoxy groups -OCH3 is 2. The van der Waals surface area contributed by atoms with Crippen molar-refractivity contribution < 1.29 is 38.2 Å². The molecule has 4 N–H and O–H groups in total. The summed E-state index contributed by atoms with van der Waals surface area (Å²) < 4.78 is 10.9. The van der Waals surface area contributed by atoms with Crippen molar-refractivity contribution in [1.82, 2.24) is 36.1 Å². The number of nitrogens with zero attached hydrogens (tertiary/aromatic N) is 3. The predicted octanol–water partition coefficient (Wildman–Crippen LogP) is 1.94. The number of para-hydroxylation sites is 1. The van der Waals surface area contributed by atoms with Crippen molar-refractivity contribution in [2.75, 3.05) is 40.9 Å². The second-order valence-electron chi connectivity index (χ2n) is 13.1. The van der Waals surface area contributed by atoms with E-state index >= 15 is 0 Å². The van der Waals surface area contributed by atoms with Crippen LogP contribution in [0.4, 0.5) is 0 Å². The Bertz CT molecular complexity index is 1800. The molecule has 53 heavy (non-hydrogen) atoms. The molecule has 284 valence electrons. The zero-order valence-corrected chi connectivity index (χ0v) is 31.7. The Labute approximate surface area is 312 Å². The molecule has 1 aliphatic rings. The minimum Gasteiger partial charge on any atom is -0.493 e. The number of likely N-dealkylation sites (N-methyl/N-ethyl adjacent to an activating group) is 1. The number of hydrogen-bond acceptors (Lipinski definition) is 10. The summed E-state index contributed by atoms with van der Waals surface area (Å²) in [6, 6.07) is 10.5. The molecule has 6 amide bonds. The Morgan fingerprint density at radius 3 is 2.26 bits per heavy atom. The fraction of sp³-hybridized carbons (Fsp3) is 0.432. The number of carbonyl (C=O) groups is 6. The SMILES string of the molecule is COc1cccc(C(=O)N2CCN(C)C(=O)[C@@H](C)NC(=O)[C@H](C(C)C)NC(=O)[C@H](C)NC(=O)c3csc(n3)[C@H](Cc3ccccc3)NC(=O)C2)c1OC. The molecule has 4 atom stereocenters. The highest BCUT2D eigenvalue weighted by Crippen LogP contribution is 2.31. The van der Waals surface area contributed by atoms with Gasteiger partial charge in [-0.25, -0.2) is 4.98 Å². The van der Waals surface area contributed by atoms with Gasteiger partial charge in [-0.1, -0.05) is 50.2 Å². The van der Waals surface area contributed by atoms with Gasteiger partial charge in [0.05, 0.1) is 32.4 Å². The fourth-order valence-electron chi connectivity index (χ4n) is 5.72. The van der Waals surface area contributed by atoms with Crippen LogP contribution in [0, 0.1) is 5.92 Å². The molecular weight excluding hydrogens is 703 g/mol. The summed E-state index contributed by atoms with van der Waals surface area (Å²) in [6.07, 6.45) is 0.324. The van der Waals surface area contributed by atoms with Crippen molar-refractivity contribution >= 4 is 46.8 Å². The third-order valence-electron chi connectivity index (χ3n) is 8.72. The van der Waals surface area contributed by atoms with Crippen LogP contribution >= 0.6 is 11.3 Å². The number of aromatic nitrogens is 1. The van der Waals surface area contributed by atoms with E-state index in [1.54, 1.807) is 32.0 Å². The maximum Gasteiger partial charge on any atom is 0.271 e. The summed E-state index contributed by atoms with van der Waals surface area (Å²) in [7, 11) is 4.37. The Hall–Kier alpha value is -5.51. The number of fused-ring (bicyclic) bond motifs is 2. The minimum absolute atomic E-state index is 0.00325. The average Bonchev–Trinajstić information content (AvgIpc) is 3.64. The van der Waals surface area contributed by atoms with Crippen molar-refractivity contribution in [3.8, 4) is 11.5 Å². The normalized spacial score (nSPS) is 21.2. The van der Waals surface area contributed by atoms with Crippen LogP contribution < -0.4 is 30.7 Å². The van der Waals surface area contributed by atoms with E-state index in [0.29, 0.717) is 17.2 Å². The molecular formula is C37H47N7O8S. The van der Waals surface area contributed by atoms with Crippen molar-refractivity contribution in [2.24, 2.45) is 5.92 Å². The first-order valence-corrected chi connectivity index (χ1v) is 18.1. The topological polar surface area (TPSA) is 188 Å². The Kier molecular flexibility index (Phi) is 13.9. The van der Waals surface area contributed by atoms with Crippen LogP contribution in [0.3, 0.4) is 0 Å². The number of ether oxygens (including phenoxy) is 2. The summed E-state index contributed by atoms with van der Waals surface area (Å²) >= 11 is 1.16. The molecule has 1 aliphatic heterocycles. The largest absolute Gasteiger partial charge is 0.493 e. The molecule has 15 nitrogen and oxygen atoms in total. The van der Waals surface area contributed by atoms with Gasteiger partial charge in [0.15, 0.2) is 11.5 Å². The lowest BCUT2D eigenvalue weighted by Crippen LogP contribution is -2.57. The number of hydrogen-bond donors (Lipinski definition) is 4. The number of nitrogens with one attached hydrogen (secondary N) is 4. The lowest BCUT2D eigenvalue weighted by atomic mass is 10.0. The summed E-state index contributed by atoms with van der Waals surface area (Å²) in [5.41, 5.74) is 1.08. The molecule has 2 aromatic carbocycles. The fourth-order valence-corrected chi connectivity index (χ4v) is 6.57. The third kappa shape index (κ3) is 10.3. The van der Waals surface area contributed by atoms with E-state index in [9.17, 15) is 28.8 Å². The van der Waals surface area contributed by atoms with Crippen LogP contribution in [-0.2, 0) is 25.6 Å². The van der Waals surface area contributed by atoms with Crippen LogP contribution in [0.2, 0.25) is 0 Å². The summed E-state index contributed by atoms with van der Waals surface area (Å²) in [5.74, 6) is -3.19. The summed E-state index contributed by atoms with van der Waals surface area (Å²) in [4.78, 5) is 88.4. The number of rotatable bonds is 6. The molecule has 2 heterocycles. The highest BCUT2D eigenvalue weighted by molar-refractivity contribution is 7.09. The van der Waals surface area contributed by atoms with Gasteiger partial charge in [0.1, 0.15) is 28.8 Å². The molecule has 1 aromatic heterocycles. The van der Waals surface area contributed by atoms with E-state index in [1.807, 2.05) is 30.3 Å². The average molecular weight is 750 g/mol. The van der Waals surface area contributed by atoms with Gasteiger partial charge < -0.3 is 40.5 Å². The summed E-state index contributed by atoms with van der Waals surface area (Å²) in [5, 5.41) is 12.9. The van der Waals surface area contributed by atoms with Crippen LogP contribution in [-0.4, -0.2) is 109 Å². The Morgan fingerprint density at radius 1 is 0.887 bits per heavy atom. The van der Waals surface area contributed by atoms with Crippen LogP contribution in [0.15, 0.2) is 53.9 Å². The zero-order chi connectivity index (χ0) is 38.8. The number of amides is 6. The molecule has 4 rings (SSSR count). The zero-order valence-electron chi connectivity index (χ0n) is 30.9. The number of carbonyl (C=O) groups excluding carboxylic acids is 6. The van der Waals surface area contributed by atoms with Crippen molar-refractivity contribution in [2.45, 2.75) is 58.3 Å². The van der Waals surface area contributed by atoms with Crippen molar-refractivity contribution in [1.29, 1.82) is 0 Å². The first-order valence-electron chi connectivity index (χ1n) is 17.2. The molecule has 0 saturated carbocycles. The van der Waals surface area contributed by atoms with E-state index in [4.69, 9.17) is 9.47 Å². The van der Waals surface area contributed by atoms with Crippen molar-refractivity contribution in [3.63, 3.8) is 0 Å². The van der Waals surface area contributed by atoms with E-state index in [-0.39, 0.29) is 36.0 Å². The second kappa shape index (κ2) is 18.3. The Balaban J connectivity index is 1.73. The van der Waals surface area contributed by atoms with Gasteiger partial charge >= 0.3 is 0 Å². The van der Waals surface area contributed by atoms with E-state index < -0.39 is 66.2 Å². The molecule has 0 saturated heterocycles. The standard InChI is InChI=1S/C37H47N7O8S/c1-21(2)30-34(48)39-23(4)36(49)43(5)16-17-44(37(50)25-14-11-15-28(51-6)31(25)52-7)19-29(45)40-26(18-24-12-9-8-10-13-24)35-41-27(20-53-35)33(47)38-22(3)32(46)42-30/h8-15,20-23,26,30H,16-19H2,1-7H3,(H,38,47)(H,39,48)(H,40,45)(H,42,46)/t22-,23+,26-,30-/m0/s1. The molecule has 2 bridgehead atoms. The molecule has 0 radical (unpaired) electrons. The van der Waals surface area contributed by atoms with Crippen LogP contribution in [0.1, 0.15) is 65.2 Å².